The number of hydrazine groups is 1. The van der Waals surface area contributed by atoms with E-state index in [-0.39, 0.29) is 5.54 Å². The molecule has 3 rings (SSSR count). The van der Waals surface area contributed by atoms with E-state index in [0.717, 1.165) is 6.42 Å². The monoisotopic (exact) mass is 273 g/mol. The molecule has 2 aliphatic rings. The van der Waals surface area contributed by atoms with Crippen molar-refractivity contribution >= 4 is 0 Å². The van der Waals surface area contributed by atoms with E-state index in [1.807, 2.05) is 0 Å². The Morgan fingerprint density at radius 2 is 2.00 bits per heavy atom. The van der Waals surface area contributed by atoms with Gasteiger partial charge in [-0.2, -0.15) is 0 Å². The van der Waals surface area contributed by atoms with Gasteiger partial charge in [0.15, 0.2) is 0 Å². The topological polar surface area (TPSA) is 41.3 Å². The maximum Gasteiger partial charge on any atom is 0.0395 e. The van der Waals surface area contributed by atoms with Crippen LogP contribution in [-0.2, 0) is 6.42 Å². The lowest BCUT2D eigenvalue weighted by atomic mass is 9.72. The number of likely N-dealkylation sites (tertiary alicyclic amines) is 1. The minimum absolute atomic E-state index is 0.135. The predicted octanol–water partition coefficient (Wildman–Crippen LogP) is 2.42. The summed E-state index contributed by atoms with van der Waals surface area (Å²) in [6.45, 7) is 7.11. The third-order valence-electron chi connectivity index (χ3n) is 5.46. The van der Waals surface area contributed by atoms with E-state index in [4.69, 9.17) is 5.84 Å². The van der Waals surface area contributed by atoms with Crippen molar-refractivity contribution < 1.29 is 0 Å². The van der Waals surface area contributed by atoms with E-state index in [9.17, 15) is 0 Å². The van der Waals surface area contributed by atoms with Crippen LogP contribution in [0.3, 0.4) is 0 Å². The molecule has 2 atom stereocenters. The van der Waals surface area contributed by atoms with Gasteiger partial charge in [-0.1, -0.05) is 24.3 Å². The number of nitrogens with one attached hydrogen (secondary N) is 1. The summed E-state index contributed by atoms with van der Waals surface area (Å²) in [5.41, 5.74) is 6.30. The van der Waals surface area contributed by atoms with Crippen molar-refractivity contribution in [3.63, 3.8) is 0 Å². The van der Waals surface area contributed by atoms with Gasteiger partial charge in [-0.15, -0.1) is 0 Å². The summed E-state index contributed by atoms with van der Waals surface area (Å²) in [5, 5.41) is 0. The largest absolute Gasteiger partial charge is 0.297 e. The molecule has 0 saturated carbocycles. The molecule has 1 fully saturated rings. The SMILES string of the molecule is CC(C)(C(CC1Cc2ccccc21)NN)N1CCCC1. The van der Waals surface area contributed by atoms with Crippen molar-refractivity contribution in [1.82, 2.24) is 10.3 Å². The van der Waals surface area contributed by atoms with Gasteiger partial charge in [-0.3, -0.25) is 16.2 Å². The summed E-state index contributed by atoms with van der Waals surface area (Å²) in [6.07, 6.45) is 5.00. The van der Waals surface area contributed by atoms with Crippen molar-refractivity contribution in [2.24, 2.45) is 5.84 Å². The number of fused-ring (bicyclic) bond motifs is 1. The molecule has 0 bridgehead atoms. The van der Waals surface area contributed by atoms with Crippen LogP contribution < -0.4 is 11.3 Å². The van der Waals surface area contributed by atoms with Gasteiger partial charge in [0.1, 0.15) is 0 Å². The first kappa shape index (κ1) is 14.1. The zero-order valence-corrected chi connectivity index (χ0v) is 12.7. The average Bonchev–Trinajstić information content (AvgIpc) is 2.94. The van der Waals surface area contributed by atoms with Gasteiger partial charge in [0.05, 0.1) is 0 Å². The minimum Gasteiger partial charge on any atom is -0.297 e. The maximum absolute atomic E-state index is 5.90. The van der Waals surface area contributed by atoms with Gasteiger partial charge in [-0.05, 0) is 69.7 Å². The molecular formula is C17H27N3. The quantitative estimate of drug-likeness (QED) is 0.639. The van der Waals surface area contributed by atoms with Gasteiger partial charge in [0, 0.05) is 11.6 Å². The van der Waals surface area contributed by atoms with Crippen molar-refractivity contribution in [2.45, 2.75) is 57.0 Å². The second-order valence-corrected chi connectivity index (χ2v) is 6.90. The van der Waals surface area contributed by atoms with Gasteiger partial charge < -0.3 is 0 Å². The summed E-state index contributed by atoms with van der Waals surface area (Å²) < 4.78 is 0. The summed E-state index contributed by atoms with van der Waals surface area (Å²) in [4.78, 5) is 2.60. The van der Waals surface area contributed by atoms with E-state index in [0.29, 0.717) is 12.0 Å². The zero-order chi connectivity index (χ0) is 14.2. The molecule has 0 aromatic heterocycles. The van der Waals surface area contributed by atoms with Crippen LogP contribution in [0.15, 0.2) is 24.3 Å². The fraction of sp³-hybridized carbons (Fsp3) is 0.647. The molecule has 0 spiro atoms. The fourth-order valence-electron chi connectivity index (χ4n) is 3.93. The number of rotatable bonds is 5. The number of benzene rings is 1. The van der Waals surface area contributed by atoms with Crippen LogP contribution in [0.1, 0.15) is 50.2 Å². The molecule has 1 aromatic carbocycles. The first-order chi connectivity index (χ1) is 9.63. The molecule has 0 radical (unpaired) electrons. The van der Waals surface area contributed by atoms with Crippen molar-refractivity contribution in [3.05, 3.63) is 35.4 Å². The average molecular weight is 273 g/mol. The maximum atomic E-state index is 5.90. The summed E-state index contributed by atoms with van der Waals surface area (Å²) in [6, 6.07) is 9.17. The molecule has 2 unspecified atom stereocenters. The molecule has 3 N–H and O–H groups in total. The number of nitrogens with zero attached hydrogens (tertiary/aromatic N) is 1. The molecular weight excluding hydrogens is 246 g/mol. The summed E-state index contributed by atoms with van der Waals surface area (Å²) in [7, 11) is 0. The Bertz CT molecular complexity index is 463. The molecule has 1 saturated heterocycles. The Labute approximate surface area is 122 Å². The van der Waals surface area contributed by atoms with Gasteiger partial charge in [-0.25, -0.2) is 0 Å². The van der Waals surface area contributed by atoms with Crippen LogP contribution in [0.25, 0.3) is 0 Å². The number of hydrogen-bond acceptors (Lipinski definition) is 3. The Kier molecular flexibility index (Phi) is 3.85. The van der Waals surface area contributed by atoms with Crippen molar-refractivity contribution in [3.8, 4) is 0 Å². The smallest absolute Gasteiger partial charge is 0.0395 e. The van der Waals surface area contributed by atoms with Crippen molar-refractivity contribution in [2.75, 3.05) is 13.1 Å². The van der Waals surface area contributed by atoms with Crippen molar-refractivity contribution in [1.29, 1.82) is 0 Å². The first-order valence-corrected chi connectivity index (χ1v) is 7.92. The summed E-state index contributed by atoms with van der Waals surface area (Å²) in [5.74, 6) is 6.57. The highest BCUT2D eigenvalue weighted by molar-refractivity contribution is 5.40. The highest BCUT2D eigenvalue weighted by Gasteiger charge is 2.39. The lowest BCUT2D eigenvalue weighted by molar-refractivity contribution is 0.0974. The standard InChI is InChI=1S/C17H27N3/c1-17(2,20-9-5-6-10-20)16(19-18)12-14-11-13-7-3-4-8-15(13)14/h3-4,7-8,14,16,19H,5-6,9-12,18H2,1-2H3. The van der Waals surface area contributed by atoms with E-state index in [2.05, 4.69) is 48.4 Å². The van der Waals surface area contributed by atoms with Crippen LogP contribution in [-0.4, -0.2) is 29.6 Å². The molecule has 3 nitrogen and oxygen atoms in total. The Hall–Kier alpha value is -0.900. The Morgan fingerprint density at radius 3 is 2.65 bits per heavy atom. The van der Waals surface area contributed by atoms with Crippen LogP contribution in [0, 0.1) is 0 Å². The number of hydrogen-bond donors (Lipinski definition) is 2. The van der Waals surface area contributed by atoms with Gasteiger partial charge >= 0.3 is 0 Å². The Balaban J connectivity index is 1.69. The van der Waals surface area contributed by atoms with Crippen LogP contribution in [0.4, 0.5) is 0 Å². The van der Waals surface area contributed by atoms with Crippen LogP contribution >= 0.6 is 0 Å². The van der Waals surface area contributed by atoms with Gasteiger partial charge in [0.25, 0.3) is 0 Å². The van der Waals surface area contributed by atoms with E-state index < -0.39 is 0 Å². The van der Waals surface area contributed by atoms with Gasteiger partial charge in [0.2, 0.25) is 0 Å². The van der Waals surface area contributed by atoms with Crippen LogP contribution in [0.5, 0.6) is 0 Å². The lowest BCUT2D eigenvalue weighted by Gasteiger charge is -2.44. The molecule has 1 heterocycles. The zero-order valence-electron chi connectivity index (χ0n) is 12.7. The second kappa shape index (κ2) is 5.47. The lowest BCUT2D eigenvalue weighted by Crippen LogP contribution is -2.59. The highest BCUT2D eigenvalue weighted by atomic mass is 15.3. The molecule has 0 amide bonds. The van der Waals surface area contributed by atoms with E-state index in [1.54, 1.807) is 0 Å². The predicted molar refractivity (Wildman–Crippen MR) is 83.5 cm³/mol. The molecule has 3 heteroatoms. The van der Waals surface area contributed by atoms with E-state index >= 15 is 0 Å². The Morgan fingerprint density at radius 1 is 1.30 bits per heavy atom. The molecule has 1 aromatic rings. The fourth-order valence-corrected chi connectivity index (χ4v) is 3.93. The normalized spacial score (nSPS) is 24.2. The molecule has 110 valence electrons. The third-order valence-corrected chi connectivity index (χ3v) is 5.46. The minimum atomic E-state index is 0.135. The second-order valence-electron chi connectivity index (χ2n) is 6.90. The highest BCUT2D eigenvalue weighted by Crippen LogP contribution is 2.40. The molecule has 20 heavy (non-hydrogen) atoms. The first-order valence-electron chi connectivity index (χ1n) is 7.92. The third kappa shape index (κ3) is 2.39. The molecule has 1 aliphatic heterocycles. The molecule has 1 aliphatic carbocycles. The van der Waals surface area contributed by atoms with E-state index in [1.165, 1.54) is 43.5 Å². The van der Waals surface area contributed by atoms with Crippen LogP contribution in [0.2, 0.25) is 0 Å². The number of nitrogens with two attached hydrogens (primary N) is 1. The summed E-state index contributed by atoms with van der Waals surface area (Å²) >= 11 is 0.